The molecule has 0 aromatic carbocycles. The molecule has 0 bridgehead atoms. The number of carboxylic acid groups (broad SMARTS) is 1. The lowest BCUT2D eigenvalue weighted by atomic mass is 9.71. The standard InChI is InChI=1S/C12H22O3/c1-12(2)7-3-5-10(9-12)6-4-8-15-11(13)14/h10H,3-9H2,1-2H3,(H,13,14). The quantitative estimate of drug-likeness (QED) is 0.573. The maximum absolute atomic E-state index is 10.1. The summed E-state index contributed by atoms with van der Waals surface area (Å²) in [4.78, 5) is 10.1. The predicted molar refractivity (Wildman–Crippen MR) is 58.9 cm³/mol. The molecule has 0 saturated heterocycles. The van der Waals surface area contributed by atoms with Crippen LogP contribution >= 0.6 is 0 Å². The zero-order valence-electron chi connectivity index (χ0n) is 9.79. The molecule has 1 fully saturated rings. The van der Waals surface area contributed by atoms with Crippen LogP contribution in [0.15, 0.2) is 0 Å². The average Bonchev–Trinajstić information content (AvgIpc) is 2.10. The van der Waals surface area contributed by atoms with Gasteiger partial charge in [-0.15, -0.1) is 0 Å². The minimum atomic E-state index is -1.15. The number of ether oxygens (including phenoxy) is 1. The fourth-order valence-electron chi connectivity index (χ4n) is 2.63. The molecule has 1 N–H and O–H groups in total. The summed E-state index contributed by atoms with van der Waals surface area (Å²) in [6.07, 6.45) is 6.05. The zero-order valence-corrected chi connectivity index (χ0v) is 9.79. The molecular formula is C12H22O3. The van der Waals surface area contributed by atoms with Crippen LogP contribution in [0.25, 0.3) is 0 Å². The summed E-state index contributed by atoms with van der Waals surface area (Å²) in [7, 11) is 0. The Hall–Kier alpha value is -0.730. The summed E-state index contributed by atoms with van der Waals surface area (Å²) in [5.74, 6) is 0.770. The van der Waals surface area contributed by atoms with Gasteiger partial charge in [-0.1, -0.05) is 26.7 Å². The first-order valence-electron chi connectivity index (χ1n) is 5.85. The summed E-state index contributed by atoms with van der Waals surface area (Å²) in [5, 5.41) is 8.31. The van der Waals surface area contributed by atoms with Gasteiger partial charge in [-0.25, -0.2) is 4.79 Å². The summed E-state index contributed by atoms with van der Waals surface area (Å²) >= 11 is 0. The van der Waals surface area contributed by atoms with Gasteiger partial charge in [0.05, 0.1) is 6.61 Å². The molecule has 0 aliphatic heterocycles. The van der Waals surface area contributed by atoms with Gasteiger partial charge in [0.15, 0.2) is 0 Å². The Morgan fingerprint density at radius 3 is 2.87 bits per heavy atom. The van der Waals surface area contributed by atoms with Crippen LogP contribution in [0, 0.1) is 11.3 Å². The van der Waals surface area contributed by atoms with Crippen molar-refractivity contribution in [2.45, 2.75) is 52.4 Å². The molecule has 1 atom stereocenters. The summed E-state index contributed by atoms with van der Waals surface area (Å²) in [5.41, 5.74) is 0.483. The van der Waals surface area contributed by atoms with Crippen molar-refractivity contribution in [3.05, 3.63) is 0 Å². The fourth-order valence-corrected chi connectivity index (χ4v) is 2.63. The molecule has 1 rings (SSSR count). The highest BCUT2D eigenvalue weighted by Crippen LogP contribution is 2.40. The van der Waals surface area contributed by atoms with Crippen molar-refractivity contribution < 1.29 is 14.6 Å². The molecule has 0 spiro atoms. The first-order chi connectivity index (χ1) is 6.99. The van der Waals surface area contributed by atoms with Gasteiger partial charge in [0.2, 0.25) is 0 Å². The first-order valence-corrected chi connectivity index (χ1v) is 5.85. The lowest BCUT2D eigenvalue weighted by molar-refractivity contribution is 0.0858. The van der Waals surface area contributed by atoms with Gasteiger partial charge < -0.3 is 9.84 Å². The molecule has 1 saturated carbocycles. The Morgan fingerprint density at radius 2 is 2.27 bits per heavy atom. The van der Waals surface area contributed by atoms with E-state index in [1.807, 2.05) is 0 Å². The smallest absolute Gasteiger partial charge is 0.450 e. The van der Waals surface area contributed by atoms with E-state index in [4.69, 9.17) is 5.11 Å². The second-order valence-corrected chi connectivity index (χ2v) is 5.38. The Balaban J connectivity index is 2.13. The maximum atomic E-state index is 10.1. The zero-order chi connectivity index (χ0) is 11.3. The molecule has 0 amide bonds. The third-order valence-corrected chi connectivity index (χ3v) is 3.29. The van der Waals surface area contributed by atoms with Gasteiger partial charge in [-0.3, -0.25) is 0 Å². The van der Waals surface area contributed by atoms with E-state index in [9.17, 15) is 4.79 Å². The van der Waals surface area contributed by atoms with Crippen molar-refractivity contribution in [2.24, 2.45) is 11.3 Å². The van der Waals surface area contributed by atoms with Gasteiger partial charge >= 0.3 is 6.16 Å². The lowest BCUT2D eigenvalue weighted by Gasteiger charge is -2.35. The fraction of sp³-hybridized carbons (Fsp3) is 0.917. The Bertz CT molecular complexity index is 211. The van der Waals surface area contributed by atoms with Crippen LogP contribution in [-0.4, -0.2) is 17.9 Å². The van der Waals surface area contributed by atoms with Crippen molar-refractivity contribution in [1.29, 1.82) is 0 Å². The largest absolute Gasteiger partial charge is 0.505 e. The maximum Gasteiger partial charge on any atom is 0.505 e. The Morgan fingerprint density at radius 1 is 1.53 bits per heavy atom. The number of hydrogen-bond donors (Lipinski definition) is 1. The minimum Gasteiger partial charge on any atom is -0.450 e. The topological polar surface area (TPSA) is 46.5 Å². The van der Waals surface area contributed by atoms with Crippen LogP contribution in [0.3, 0.4) is 0 Å². The molecular weight excluding hydrogens is 192 g/mol. The molecule has 0 radical (unpaired) electrons. The van der Waals surface area contributed by atoms with Gasteiger partial charge in [-0.2, -0.15) is 0 Å². The highest BCUT2D eigenvalue weighted by atomic mass is 16.7. The molecule has 15 heavy (non-hydrogen) atoms. The lowest BCUT2D eigenvalue weighted by Crippen LogP contribution is -2.22. The van der Waals surface area contributed by atoms with Crippen molar-refractivity contribution in [1.82, 2.24) is 0 Å². The van der Waals surface area contributed by atoms with Crippen LogP contribution in [-0.2, 0) is 4.74 Å². The molecule has 3 heteroatoms. The molecule has 1 aliphatic carbocycles. The molecule has 0 aromatic rings. The van der Waals surface area contributed by atoms with Crippen molar-refractivity contribution in [3.63, 3.8) is 0 Å². The summed E-state index contributed by atoms with van der Waals surface area (Å²) in [6, 6.07) is 0. The minimum absolute atomic E-state index is 0.353. The van der Waals surface area contributed by atoms with E-state index < -0.39 is 6.16 Å². The molecule has 3 nitrogen and oxygen atoms in total. The second kappa shape index (κ2) is 5.38. The van der Waals surface area contributed by atoms with E-state index in [0.717, 1.165) is 18.8 Å². The van der Waals surface area contributed by atoms with E-state index in [0.29, 0.717) is 12.0 Å². The van der Waals surface area contributed by atoms with Gasteiger partial charge in [-0.05, 0) is 37.0 Å². The Kier molecular flexibility index (Phi) is 4.43. The van der Waals surface area contributed by atoms with Gasteiger partial charge in [0.25, 0.3) is 0 Å². The van der Waals surface area contributed by atoms with Crippen molar-refractivity contribution in [2.75, 3.05) is 6.61 Å². The van der Waals surface area contributed by atoms with Crippen LogP contribution in [0.5, 0.6) is 0 Å². The predicted octanol–water partition coefficient (Wildman–Crippen LogP) is 3.68. The first kappa shape index (κ1) is 12.3. The molecule has 1 unspecified atom stereocenters. The van der Waals surface area contributed by atoms with Gasteiger partial charge in [0.1, 0.15) is 0 Å². The van der Waals surface area contributed by atoms with Crippen LogP contribution < -0.4 is 0 Å². The number of rotatable bonds is 4. The third-order valence-electron chi connectivity index (χ3n) is 3.29. The summed E-state index contributed by atoms with van der Waals surface area (Å²) < 4.78 is 4.50. The molecule has 0 heterocycles. The van der Waals surface area contributed by atoms with Crippen LogP contribution in [0.2, 0.25) is 0 Å². The Labute approximate surface area is 91.8 Å². The summed E-state index contributed by atoms with van der Waals surface area (Å²) in [6.45, 7) is 5.01. The van der Waals surface area contributed by atoms with E-state index in [1.54, 1.807) is 0 Å². The van der Waals surface area contributed by atoms with Crippen LogP contribution in [0.1, 0.15) is 52.4 Å². The SMILES string of the molecule is CC1(C)CCCC(CCCOC(=O)O)C1. The second-order valence-electron chi connectivity index (χ2n) is 5.38. The number of carbonyl (C=O) groups is 1. The molecule has 1 aliphatic rings. The van der Waals surface area contributed by atoms with E-state index in [1.165, 1.54) is 25.7 Å². The highest BCUT2D eigenvalue weighted by Gasteiger charge is 2.27. The third kappa shape index (κ3) is 5.05. The average molecular weight is 214 g/mol. The van der Waals surface area contributed by atoms with E-state index in [-0.39, 0.29) is 0 Å². The number of hydrogen-bond acceptors (Lipinski definition) is 2. The van der Waals surface area contributed by atoms with Crippen molar-refractivity contribution >= 4 is 6.16 Å². The van der Waals surface area contributed by atoms with E-state index in [2.05, 4.69) is 18.6 Å². The highest BCUT2D eigenvalue weighted by molar-refractivity contribution is 5.56. The van der Waals surface area contributed by atoms with Gasteiger partial charge in [0, 0.05) is 0 Å². The monoisotopic (exact) mass is 214 g/mol. The van der Waals surface area contributed by atoms with E-state index >= 15 is 0 Å². The normalized spacial score (nSPS) is 24.8. The molecule has 88 valence electrons. The van der Waals surface area contributed by atoms with Crippen molar-refractivity contribution in [3.8, 4) is 0 Å². The molecule has 0 aromatic heterocycles. The van der Waals surface area contributed by atoms with Crippen LogP contribution in [0.4, 0.5) is 4.79 Å².